The van der Waals surface area contributed by atoms with Crippen LogP contribution >= 0.6 is 11.6 Å². The van der Waals surface area contributed by atoms with Crippen LogP contribution in [0.1, 0.15) is 15.9 Å². The highest BCUT2D eigenvalue weighted by Gasteiger charge is 2.13. The molecule has 0 aliphatic heterocycles. The maximum atomic E-state index is 12.2. The van der Waals surface area contributed by atoms with E-state index in [0.29, 0.717) is 10.6 Å². The molecular weight excluding hydrogens is 246 g/mol. The van der Waals surface area contributed by atoms with Crippen LogP contribution in [0.15, 0.2) is 48.5 Å². The van der Waals surface area contributed by atoms with E-state index in [9.17, 15) is 4.79 Å². The molecule has 0 bridgehead atoms. The van der Waals surface area contributed by atoms with E-state index >= 15 is 0 Å². The largest absolute Gasteiger partial charge is 0.311 e. The molecule has 2 rings (SSSR count). The van der Waals surface area contributed by atoms with Crippen LogP contribution in [-0.4, -0.2) is 13.0 Å². The summed E-state index contributed by atoms with van der Waals surface area (Å²) in [6.07, 6.45) is 0. The van der Waals surface area contributed by atoms with Crippen LogP contribution in [0.4, 0.5) is 5.69 Å². The van der Waals surface area contributed by atoms with Crippen molar-refractivity contribution in [2.45, 2.75) is 0 Å². The van der Waals surface area contributed by atoms with Gasteiger partial charge in [0.25, 0.3) is 5.91 Å². The number of rotatable bonds is 2. The van der Waals surface area contributed by atoms with Crippen LogP contribution in [0.5, 0.6) is 0 Å². The molecular formula is C15H13ClNO. The first kappa shape index (κ1) is 12.7. The molecule has 0 spiro atoms. The minimum atomic E-state index is -0.0668. The van der Waals surface area contributed by atoms with Gasteiger partial charge in [0, 0.05) is 23.3 Å². The van der Waals surface area contributed by atoms with Crippen LogP contribution in [0.25, 0.3) is 0 Å². The zero-order chi connectivity index (χ0) is 13.1. The molecule has 2 aromatic carbocycles. The van der Waals surface area contributed by atoms with Gasteiger partial charge in [0.15, 0.2) is 0 Å². The second-order valence-corrected chi connectivity index (χ2v) is 4.48. The molecule has 0 unspecified atom stereocenters. The summed E-state index contributed by atoms with van der Waals surface area (Å²) >= 11 is 5.82. The molecule has 0 atom stereocenters. The summed E-state index contributed by atoms with van der Waals surface area (Å²) in [4.78, 5) is 13.8. The number of halogens is 1. The van der Waals surface area contributed by atoms with Crippen molar-refractivity contribution in [2.24, 2.45) is 0 Å². The van der Waals surface area contributed by atoms with E-state index in [-0.39, 0.29) is 5.91 Å². The first-order valence-electron chi connectivity index (χ1n) is 5.53. The first-order valence-corrected chi connectivity index (χ1v) is 5.91. The van der Waals surface area contributed by atoms with Crippen molar-refractivity contribution < 1.29 is 4.79 Å². The molecule has 2 nitrogen and oxygen atoms in total. The number of hydrogen-bond acceptors (Lipinski definition) is 1. The van der Waals surface area contributed by atoms with Gasteiger partial charge in [-0.05, 0) is 48.9 Å². The number of carbonyl (C=O) groups is 1. The molecule has 1 radical (unpaired) electrons. The van der Waals surface area contributed by atoms with E-state index < -0.39 is 0 Å². The summed E-state index contributed by atoms with van der Waals surface area (Å²) in [7, 11) is 1.74. The smallest absolute Gasteiger partial charge is 0.258 e. The monoisotopic (exact) mass is 258 g/mol. The van der Waals surface area contributed by atoms with Crippen molar-refractivity contribution >= 4 is 23.2 Å². The van der Waals surface area contributed by atoms with E-state index in [1.165, 1.54) is 0 Å². The average Bonchev–Trinajstić information content (AvgIpc) is 2.38. The van der Waals surface area contributed by atoms with Crippen LogP contribution in [0.2, 0.25) is 5.02 Å². The second-order valence-electron chi connectivity index (χ2n) is 4.04. The van der Waals surface area contributed by atoms with Gasteiger partial charge in [0.2, 0.25) is 0 Å². The Balaban J connectivity index is 2.26. The van der Waals surface area contributed by atoms with Gasteiger partial charge in [-0.15, -0.1) is 0 Å². The van der Waals surface area contributed by atoms with Gasteiger partial charge in [-0.1, -0.05) is 23.7 Å². The Kier molecular flexibility index (Phi) is 3.68. The molecule has 0 aromatic heterocycles. The van der Waals surface area contributed by atoms with Gasteiger partial charge in [0.05, 0.1) is 0 Å². The van der Waals surface area contributed by atoms with Crippen LogP contribution in [0.3, 0.4) is 0 Å². The van der Waals surface area contributed by atoms with Crippen LogP contribution < -0.4 is 4.90 Å². The van der Waals surface area contributed by atoms with Gasteiger partial charge in [0.1, 0.15) is 0 Å². The molecule has 1 amide bonds. The van der Waals surface area contributed by atoms with Crippen molar-refractivity contribution in [2.75, 3.05) is 11.9 Å². The van der Waals surface area contributed by atoms with E-state index in [2.05, 4.69) is 6.92 Å². The molecule has 91 valence electrons. The van der Waals surface area contributed by atoms with Crippen LogP contribution in [-0.2, 0) is 0 Å². The lowest BCUT2D eigenvalue weighted by molar-refractivity contribution is 0.0993. The molecule has 0 fully saturated rings. The normalized spacial score (nSPS) is 10.2. The number of anilines is 1. The fourth-order valence-corrected chi connectivity index (χ4v) is 1.81. The highest BCUT2D eigenvalue weighted by Crippen LogP contribution is 2.19. The Morgan fingerprint density at radius 2 is 1.83 bits per heavy atom. The van der Waals surface area contributed by atoms with Gasteiger partial charge >= 0.3 is 0 Å². The van der Waals surface area contributed by atoms with Gasteiger partial charge in [-0.25, -0.2) is 0 Å². The SMILES string of the molecule is [CH2]c1cccc(C(=O)N(C)c2ccc(Cl)cc2)c1. The molecule has 0 heterocycles. The maximum Gasteiger partial charge on any atom is 0.258 e. The molecule has 0 saturated carbocycles. The third-order valence-electron chi connectivity index (χ3n) is 2.69. The first-order chi connectivity index (χ1) is 8.58. The van der Waals surface area contributed by atoms with E-state index in [4.69, 9.17) is 11.6 Å². The Morgan fingerprint density at radius 1 is 1.17 bits per heavy atom. The minimum absolute atomic E-state index is 0.0668. The summed E-state index contributed by atoms with van der Waals surface area (Å²) in [5.41, 5.74) is 2.25. The Morgan fingerprint density at radius 3 is 2.44 bits per heavy atom. The molecule has 2 aromatic rings. The topological polar surface area (TPSA) is 20.3 Å². The van der Waals surface area contributed by atoms with Gasteiger partial charge in [-0.3, -0.25) is 4.79 Å². The Bertz CT molecular complexity index is 563. The zero-order valence-corrected chi connectivity index (χ0v) is 10.8. The third kappa shape index (κ3) is 2.71. The fraction of sp³-hybridized carbons (Fsp3) is 0.0667. The van der Waals surface area contributed by atoms with Gasteiger partial charge in [-0.2, -0.15) is 0 Å². The highest BCUT2D eigenvalue weighted by molar-refractivity contribution is 6.30. The van der Waals surface area contributed by atoms with Crippen molar-refractivity contribution in [3.63, 3.8) is 0 Å². The van der Waals surface area contributed by atoms with Crippen molar-refractivity contribution in [1.29, 1.82) is 0 Å². The molecule has 0 aliphatic rings. The van der Waals surface area contributed by atoms with Crippen molar-refractivity contribution in [3.8, 4) is 0 Å². The molecule has 0 aliphatic carbocycles. The summed E-state index contributed by atoms with van der Waals surface area (Å²) < 4.78 is 0. The van der Waals surface area contributed by atoms with Crippen LogP contribution in [0, 0.1) is 6.92 Å². The number of nitrogens with zero attached hydrogens (tertiary/aromatic N) is 1. The lowest BCUT2D eigenvalue weighted by Gasteiger charge is -2.17. The van der Waals surface area contributed by atoms with Crippen molar-refractivity contribution in [1.82, 2.24) is 0 Å². The van der Waals surface area contributed by atoms with E-state index in [0.717, 1.165) is 11.3 Å². The Hall–Kier alpha value is -1.80. The van der Waals surface area contributed by atoms with Gasteiger partial charge < -0.3 is 4.90 Å². The molecule has 3 heteroatoms. The van der Waals surface area contributed by atoms with E-state index in [1.54, 1.807) is 36.2 Å². The molecule has 18 heavy (non-hydrogen) atoms. The summed E-state index contributed by atoms with van der Waals surface area (Å²) in [6, 6.07) is 14.4. The number of amides is 1. The summed E-state index contributed by atoms with van der Waals surface area (Å²) in [6.45, 7) is 3.82. The minimum Gasteiger partial charge on any atom is -0.311 e. The van der Waals surface area contributed by atoms with E-state index in [1.807, 2.05) is 24.3 Å². The zero-order valence-electron chi connectivity index (χ0n) is 10.1. The number of benzene rings is 2. The predicted octanol–water partition coefficient (Wildman–Crippen LogP) is 3.80. The predicted molar refractivity (Wildman–Crippen MR) is 75.1 cm³/mol. The molecule has 0 saturated heterocycles. The third-order valence-corrected chi connectivity index (χ3v) is 2.94. The number of carbonyl (C=O) groups excluding carboxylic acids is 1. The Labute approximate surface area is 112 Å². The second kappa shape index (κ2) is 5.23. The standard InChI is InChI=1S/C15H13ClNO/c1-11-4-3-5-12(10-11)15(18)17(2)14-8-6-13(16)7-9-14/h3-10H,1H2,2H3. The fourth-order valence-electron chi connectivity index (χ4n) is 1.68. The van der Waals surface area contributed by atoms with Crippen molar-refractivity contribution in [3.05, 3.63) is 71.6 Å². The quantitative estimate of drug-likeness (QED) is 0.802. The lowest BCUT2D eigenvalue weighted by Crippen LogP contribution is -2.26. The highest BCUT2D eigenvalue weighted by atomic mass is 35.5. The molecule has 0 N–H and O–H groups in total. The summed E-state index contributed by atoms with van der Waals surface area (Å²) in [5.74, 6) is -0.0668. The summed E-state index contributed by atoms with van der Waals surface area (Å²) in [5, 5.41) is 0.652. The number of hydrogen-bond donors (Lipinski definition) is 0. The lowest BCUT2D eigenvalue weighted by atomic mass is 10.1. The average molecular weight is 259 g/mol. The maximum absolute atomic E-state index is 12.2.